The minimum absolute atomic E-state index is 0.0650. The summed E-state index contributed by atoms with van der Waals surface area (Å²) in [6, 6.07) is 5.13. The maximum atomic E-state index is 12.0. The van der Waals surface area contributed by atoms with Crippen LogP contribution in [0.1, 0.15) is 6.42 Å². The summed E-state index contributed by atoms with van der Waals surface area (Å²) in [4.78, 5) is 14.2. The van der Waals surface area contributed by atoms with E-state index in [4.69, 9.17) is 10.5 Å². The van der Waals surface area contributed by atoms with Crippen LogP contribution < -0.4 is 15.8 Å². The third kappa shape index (κ3) is 4.71. The minimum Gasteiger partial charge on any atom is -0.494 e. The highest BCUT2D eigenvalue weighted by Gasteiger charge is 2.16. The van der Waals surface area contributed by atoms with Gasteiger partial charge in [0, 0.05) is 60.1 Å². The standard InChI is InChI=1S/C14H21N3O3S/c1-20-13-10-11(15)2-3-12(13)16-14(18)4-5-17-6-8-21(19)9-7-17/h2-3,10H,4-9,15H2,1H3,(H,16,18). The van der Waals surface area contributed by atoms with Crippen LogP contribution in [0.15, 0.2) is 18.2 Å². The maximum absolute atomic E-state index is 12.0. The van der Waals surface area contributed by atoms with Gasteiger partial charge in [-0.05, 0) is 12.1 Å². The predicted octanol–water partition coefficient (Wildman–Crippen LogP) is 0.670. The van der Waals surface area contributed by atoms with E-state index in [2.05, 4.69) is 10.2 Å². The molecule has 6 nitrogen and oxygen atoms in total. The van der Waals surface area contributed by atoms with Gasteiger partial charge in [-0.15, -0.1) is 0 Å². The molecule has 0 bridgehead atoms. The number of methoxy groups -OCH3 is 1. The molecule has 0 aromatic heterocycles. The Balaban J connectivity index is 1.83. The maximum Gasteiger partial charge on any atom is 0.225 e. The van der Waals surface area contributed by atoms with Crippen LogP contribution in [0, 0.1) is 0 Å². The fourth-order valence-electron chi connectivity index (χ4n) is 2.18. The Morgan fingerprint density at radius 1 is 1.43 bits per heavy atom. The first-order valence-electron chi connectivity index (χ1n) is 6.89. The molecule has 0 saturated carbocycles. The molecular formula is C14H21N3O3S. The lowest BCUT2D eigenvalue weighted by atomic mass is 10.2. The SMILES string of the molecule is COc1cc(N)ccc1NC(=O)CCN1CCS(=O)CC1. The lowest BCUT2D eigenvalue weighted by molar-refractivity contribution is -0.116. The molecule has 1 heterocycles. The number of hydrogen-bond acceptors (Lipinski definition) is 5. The lowest BCUT2D eigenvalue weighted by Gasteiger charge is -2.25. The van der Waals surface area contributed by atoms with Crippen molar-refractivity contribution in [1.29, 1.82) is 0 Å². The molecule has 0 atom stereocenters. The second kappa shape index (κ2) is 7.42. The highest BCUT2D eigenvalue weighted by atomic mass is 32.2. The van der Waals surface area contributed by atoms with Crippen LogP contribution >= 0.6 is 0 Å². The van der Waals surface area contributed by atoms with Gasteiger partial charge in [-0.1, -0.05) is 0 Å². The van der Waals surface area contributed by atoms with Crippen molar-refractivity contribution in [1.82, 2.24) is 4.90 Å². The summed E-state index contributed by atoms with van der Waals surface area (Å²) in [5, 5.41) is 2.83. The van der Waals surface area contributed by atoms with Gasteiger partial charge in [0.25, 0.3) is 0 Å². The Hall–Kier alpha value is -1.60. The summed E-state index contributed by atoms with van der Waals surface area (Å²) in [5.41, 5.74) is 6.89. The summed E-state index contributed by atoms with van der Waals surface area (Å²) in [6.45, 7) is 2.27. The number of carbonyl (C=O) groups excluding carboxylic acids is 1. The van der Waals surface area contributed by atoms with Gasteiger partial charge in [-0.3, -0.25) is 9.00 Å². The van der Waals surface area contributed by atoms with E-state index in [0.717, 1.165) is 13.1 Å². The van der Waals surface area contributed by atoms with Gasteiger partial charge in [0.15, 0.2) is 0 Å². The number of nitrogen functional groups attached to an aromatic ring is 1. The zero-order valence-electron chi connectivity index (χ0n) is 12.1. The van der Waals surface area contributed by atoms with Crippen LogP contribution in [-0.4, -0.2) is 53.3 Å². The normalized spacial score (nSPS) is 16.6. The lowest BCUT2D eigenvalue weighted by Crippen LogP contribution is -2.39. The molecule has 2 rings (SSSR count). The third-order valence-corrected chi connectivity index (χ3v) is 4.70. The van der Waals surface area contributed by atoms with Crippen LogP contribution in [-0.2, 0) is 15.6 Å². The molecule has 21 heavy (non-hydrogen) atoms. The van der Waals surface area contributed by atoms with Crippen molar-refractivity contribution in [3.63, 3.8) is 0 Å². The summed E-state index contributed by atoms with van der Waals surface area (Å²) in [6.07, 6.45) is 0.403. The third-order valence-electron chi connectivity index (χ3n) is 3.43. The molecule has 1 amide bonds. The number of anilines is 2. The molecule has 116 valence electrons. The summed E-state index contributed by atoms with van der Waals surface area (Å²) < 4.78 is 16.5. The predicted molar refractivity (Wildman–Crippen MR) is 85.0 cm³/mol. The quantitative estimate of drug-likeness (QED) is 0.781. The first-order chi connectivity index (χ1) is 10.1. The topological polar surface area (TPSA) is 84.7 Å². The average molecular weight is 311 g/mol. The van der Waals surface area contributed by atoms with E-state index in [1.165, 1.54) is 7.11 Å². The Morgan fingerprint density at radius 2 is 2.14 bits per heavy atom. The molecule has 1 aromatic rings. The number of benzene rings is 1. The number of rotatable bonds is 5. The number of carbonyl (C=O) groups is 1. The number of nitrogens with one attached hydrogen (secondary N) is 1. The number of nitrogens with two attached hydrogens (primary N) is 1. The van der Waals surface area contributed by atoms with Crippen molar-refractivity contribution < 1.29 is 13.7 Å². The largest absolute Gasteiger partial charge is 0.494 e. The second-order valence-corrected chi connectivity index (χ2v) is 6.64. The van der Waals surface area contributed by atoms with Crippen molar-refractivity contribution in [2.75, 3.05) is 49.3 Å². The molecule has 1 fully saturated rings. The van der Waals surface area contributed by atoms with Gasteiger partial charge in [0.1, 0.15) is 5.75 Å². The van der Waals surface area contributed by atoms with Crippen LogP contribution in [0.3, 0.4) is 0 Å². The molecule has 0 radical (unpaired) electrons. The Labute approximate surface area is 127 Å². The number of amides is 1. The van der Waals surface area contributed by atoms with Crippen molar-refractivity contribution in [3.8, 4) is 5.75 Å². The highest BCUT2D eigenvalue weighted by molar-refractivity contribution is 7.85. The van der Waals surface area contributed by atoms with E-state index in [9.17, 15) is 9.00 Å². The first kappa shape index (κ1) is 15.8. The van der Waals surface area contributed by atoms with E-state index >= 15 is 0 Å². The van der Waals surface area contributed by atoms with E-state index in [1.807, 2.05) is 0 Å². The molecule has 1 aromatic carbocycles. The van der Waals surface area contributed by atoms with Crippen molar-refractivity contribution in [2.24, 2.45) is 0 Å². The van der Waals surface area contributed by atoms with Crippen LogP contribution in [0.25, 0.3) is 0 Å². The summed E-state index contributed by atoms with van der Waals surface area (Å²) in [5.74, 6) is 1.89. The molecule has 7 heteroatoms. The van der Waals surface area contributed by atoms with Gasteiger partial charge < -0.3 is 20.7 Å². The van der Waals surface area contributed by atoms with Gasteiger partial charge in [0.2, 0.25) is 5.91 Å². The molecule has 1 saturated heterocycles. The number of nitrogens with zero attached hydrogens (tertiary/aromatic N) is 1. The Bertz CT molecular complexity index is 526. The molecule has 0 unspecified atom stereocenters. The smallest absolute Gasteiger partial charge is 0.225 e. The number of ether oxygens (including phenoxy) is 1. The van der Waals surface area contributed by atoms with E-state index in [1.54, 1.807) is 18.2 Å². The molecule has 3 N–H and O–H groups in total. The zero-order valence-corrected chi connectivity index (χ0v) is 12.9. The van der Waals surface area contributed by atoms with E-state index < -0.39 is 10.8 Å². The fourth-order valence-corrected chi connectivity index (χ4v) is 3.31. The monoisotopic (exact) mass is 311 g/mol. The summed E-state index contributed by atoms with van der Waals surface area (Å²) >= 11 is 0. The fraction of sp³-hybridized carbons (Fsp3) is 0.500. The Morgan fingerprint density at radius 3 is 2.81 bits per heavy atom. The molecule has 0 spiro atoms. The first-order valence-corrected chi connectivity index (χ1v) is 8.38. The molecule has 1 aliphatic rings. The van der Waals surface area contributed by atoms with Gasteiger partial charge >= 0.3 is 0 Å². The van der Waals surface area contributed by atoms with Gasteiger partial charge in [0.05, 0.1) is 12.8 Å². The molecule has 0 aliphatic carbocycles. The number of hydrogen-bond donors (Lipinski definition) is 2. The van der Waals surface area contributed by atoms with E-state index in [-0.39, 0.29) is 5.91 Å². The molecular weight excluding hydrogens is 290 g/mol. The van der Waals surface area contributed by atoms with Crippen LogP contribution in [0.2, 0.25) is 0 Å². The van der Waals surface area contributed by atoms with Gasteiger partial charge in [-0.25, -0.2) is 0 Å². The van der Waals surface area contributed by atoms with Crippen LogP contribution in [0.5, 0.6) is 5.75 Å². The van der Waals surface area contributed by atoms with Crippen LogP contribution in [0.4, 0.5) is 11.4 Å². The van der Waals surface area contributed by atoms with E-state index in [0.29, 0.717) is 41.6 Å². The van der Waals surface area contributed by atoms with Crippen molar-refractivity contribution >= 4 is 28.1 Å². The Kier molecular flexibility index (Phi) is 5.58. The zero-order chi connectivity index (χ0) is 15.2. The minimum atomic E-state index is -0.684. The average Bonchev–Trinajstić information content (AvgIpc) is 2.48. The van der Waals surface area contributed by atoms with Crippen molar-refractivity contribution in [2.45, 2.75) is 6.42 Å². The molecule has 1 aliphatic heterocycles. The van der Waals surface area contributed by atoms with Gasteiger partial charge in [-0.2, -0.15) is 0 Å². The second-order valence-electron chi connectivity index (χ2n) is 4.95. The highest BCUT2D eigenvalue weighted by Crippen LogP contribution is 2.26. The summed E-state index contributed by atoms with van der Waals surface area (Å²) in [7, 11) is 0.856. The van der Waals surface area contributed by atoms with Crippen molar-refractivity contribution in [3.05, 3.63) is 18.2 Å².